The average Bonchev–Trinajstić information content (AvgIpc) is 3.66. The second-order valence-corrected chi connectivity index (χ2v) is 19.9. The Morgan fingerprint density at radius 1 is 1.04 bits per heavy atom. The minimum absolute atomic E-state index is 0.166. The summed E-state index contributed by atoms with van der Waals surface area (Å²) in [5.74, 6) is 2.14. The van der Waals surface area contributed by atoms with Crippen LogP contribution in [0.1, 0.15) is 125 Å². The molecule has 4 aliphatic carbocycles. The van der Waals surface area contributed by atoms with Crippen LogP contribution in [0.25, 0.3) is 0 Å². The first-order valence-corrected chi connectivity index (χ1v) is 22.6. The van der Waals surface area contributed by atoms with Crippen LogP contribution < -0.4 is 5.73 Å². The Hall–Kier alpha value is -3.36. The summed E-state index contributed by atoms with van der Waals surface area (Å²) in [7, 11) is 0. The number of piperidine rings is 2. The highest BCUT2D eigenvalue weighted by atomic mass is 16.6. The second-order valence-electron chi connectivity index (χ2n) is 19.9. The van der Waals surface area contributed by atoms with Gasteiger partial charge in [-0.3, -0.25) is 9.69 Å². The molecule has 8 heteroatoms. The van der Waals surface area contributed by atoms with Crippen LogP contribution >= 0.6 is 0 Å². The lowest BCUT2D eigenvalue weighted by Gasteiger charge is -2.69. The second kappa shape index (κ2) is 12.8. The lowest BCUT2D eigenvalue weighted by molar-refractivity contribution is -0.272. The van der Waals surface area contributed by atoms with Gasteiger partial charge < -0.3 is 25.2 Å². The van der Waals surface area contributed by atoms with E-state index in [0.717, 1.165) is 62.9 Å². The van der Waals surface area contributed by atoms with E-state index < -0.39 is 16.4 Å². The van der Waals surface area contributed by atoms with E-state index >= 15 is 4.79 Å². The molecule has 3 saturated heterocycles. The predicted molar refractivity (Wildman–Crippen MR) is 214 cm³/mol. The maximum atomic E-state index is 15.3. The third-order valence-corrected chi connectivity index (χ3v) is 17.1. The summed E-state index contributed by atoms with van der Waals surface area (Å²) in [6, 6.07) is 6.74. The molecule has 2 spiro atoms. The number of fused-ring (bicyclic) bond motifs is 2. The molecule has 9 heterocycles. The molecule has 11 unspecified atom stereocenters. The van der Waals surface area contributed by atoms with Crippen molar-refractivity contribution in [1.29, 1.82) is 0 Å². The van der Waals surface area contributed by atoms with E-state index in [9.17, 15) is 9.90 Å². The number of carbonyl (C=O) groups is 2. The monoisotopic (exact) mass is 759 g/mol. The third kappa shape index (κ3) is 4.49. The molecule has 1 aromatic carbocycles. The highest BCUT2D eigenvalue weighted by Gasteiger charge is 2.91. The van der Waals surface area contributed by atoms with E-state index in [-0.39, 0.29) is 35.6 Å². The van der Waals surface area contributed by atoms with Crippen LogP contribution in [0.5, 0.6) is 0 Å². The van der Waals surface area contributed by atoms with Crippen molar-refractivity contribution >= 4 is 11.9 Å². The maximum absolute atomic E-state index is 15.3. The topological polar surface area (TPSA) is 105 Å². The summed E-state index contributed by atoms with van der Waals surface area (Å²) in [6.07, 6.45) is 21.8. The zero-order chi connectivity index (χ0) is 38.1. The summed E-state index contributed by atoms with van der Waals surface area (Å²) in [5, 5.41) is 12.9. The fourth-order valence-electron chi connectivity index (χ4n) is 15.2. The molecule has 0 amide bonds. The number of aliphatic hydroxyl groups excluding tert-OH is 1. The number of esters is 2. The number of rotatable bonds is 6. The molecule has 1 aromatic rings. The van der Waals surface area contributed by atoms with E-state index in [0.29, 0.717) is 73.3 Å². The highest BCUT2D eigenvalue weighted by Crippen LogP contribution is 2.85. The van der Waals surface area contributed by atoms with Gasteiger partial charge in [0, 0.05) is 55.2 Å². The number of hydrogen-bond acceptors (Lipinski definition) is 8. The van der Waals surface area contributed by atoms with Crippen molar-refractivity contribution in [3.05, 3.63) is 81.5 Å². The largest absolute Gasteiger partial charge is 0.509 e. The molecule has 9 aliphatic heterocycles. The molecule has 11 atom stereocenters. The molecule has 8 nitrogen and oxygen atoms in total. The van der Waals surface area contributed by atoms with Crippen LogP contribution in [-0.2, 0) is 26.3 Å². The van der Waals surface area contributed by atoms with Crippen molar-refractivity contribution in [3.63, 3.8) is 0 Å². The van der Waals surface area contributed by atoms with E-state index in [1.54, 1.807) is 0 Å². The molecule has 14 rings (SSSR count). The summed E-state index contributed by atoms with van der Waals surface area (Å²) in [5.41, 5.74) is 9.70. The van der Waals surface area contributed by atoms with Gasteiger partial charge in [0.25, 0.3) is 0 Å². The number of aliphatic hydroxyl groups is 1. The molecule has 13 aliphatic rings. The Kier molecular flexibility index (Phi) is 8.19. The molecule has 10 bridgehead atoms. The van der Waals surface area contributed by atoms with Crippen LogP contribution in [0.15, 0.2) is 64.8 Å². The first-order chi connectivity index (χ1) is 27.3. The normalized spacial score (nSPS) is 42.0. The number of hydrogen-bond donors (Lipinski definition) is 2. The fourth-order valence-corrected chi connectivity index (χ4v) is 15.2. The van der Waals surface area contributed by atoms with Gasteiger partial charge in [0.05, 0.1) is 17.0 Å². The predicted octanol–water partition coefficient (Wildman–Crippen LogP) is 8.24. The van der Waals surface area contributed by atoms with Crippen molar-refractivity contribution in [2.75, 3.05) is 26.2 Å². The van der Waals surface area contributed by atoms with Gasteiger partial charge in [0.15, 0.2) is 11.4 Å². The van der Waals surface area contributed by atoms with Crippen molar-refractivity contribution in [2.45, 2.75) is 128 Å². The van der Waals surface area contributed by atoms with Gasteiger partial charge in [0.1, 0.15) is 11.2 Å². The number of nitrogens with zero attached hydrogens (tertiary/aromatic N) is 2. The quantitative estimate of drug-likeness (QED) is 0.221. The zero-order valence-corrected chi connectivity index (χ0v) is 33.6. The minimum atomic E-state index is -1.11. The third-order valence-electron chi connectivity index (χ3n) is 17.1. The Balaban J connectivity index is 1.16. The van der Waals surface area contributed by atoms with Gasteiger partial charge >= 0.3 is 11.9 Å². The van der Waals surface area contributed by atoms with Crippen LogP contribution in [0.4, 0.5) is 0 Å². The molecule has 0 radical (unpaired) electrons. The number of aryl methyl sites for hydroxylation is 1. The Morgan fingerprint density at radius 2 is 1.89 bits per heavy atom. The summed E-state index contributed by atoms with van der Waals surface area (Å²) in [6.45, 7) is 8.28. The van der Waals surface area contributed by atoms with Crippen LogP contribution in [-0.4, -0.2) is 65.1 Å². The van der Waals surface area contributed by atoms with Gasteiger partial charge in [-0.15, -0.1) is 0 Å². The van der Waals surface area contributed by atoms with Crippen molar-refractivity contribution < 1.29 is 24.2 Å². The van der Waals surface area contributed by atoms with E-state index in [1.807, 2.05) is 6.07 Å². The molecule has 298 valence electrons. The molecule has 56 heavy (non-hydrogen) atoms. The van der Waals surface area contributed by atoms with E-state index in [4.69, 9.17) is 15.2 Å². The van der Waals surface area contributed by atoms with Crippen LogP contribution in [0.2, 0.25) is 0 Å². The lowest BCUT2D eigenvalue weighted by atomic mass is 9.31. The molecule has 3 N–H and O–H groups in total. The molecule has 0 aromatic heterocycles. The SMILES string of the molecule is CCCC1C23C=C4CCC2(C(=C(O)CC(C2CCCCC2)N2CC5CC(C2)C2C=CC6=C(C4CC(C)C6)N2C5)OC3=O)C12OC(=O)c1c(CCCN)cccc12. The molecule has 2 saturated carbocycles. The fraction of sp³-hybridized carbons (Fsp3) is 0.667. The number of benzene rings is 1. The standard InChI is InChI=1S/C48H61N3O5/c1-3-9-40-46-24-33-17-18-47(46,48(40)36-14-7-12-31(13-8-19-49)41(36)44(53)56-48)43(55-45(46)54)39(52)23-38(30-10-5-4-6-11-30)50-25-29-22-34(27-50)37-16-15-32-20-28(2)21-35(33)42(32)51(37)26-29/h7,12,14-16,24,28-30,34-35,37-38,40,52H,3-6,8-11,13,17-23,25-27,49H2,1-2H3. The van der Waals surface area contributed by atoms with Crippen molar-refractivity contribution in [3.8, 4) is 0 Å². The van der Waals surface area contributed by atoms with E-state index in [2.05, 4.69) is 54.0 Å². The number of nitrogens with two attached hydrogens (primary N) is 1. The number of allylic oxidation sites excluding steroid dienone is 3. The Bertz CT molecular complexity index is 1990. The molecular weight excluding hydrogens is 699 g/mol. The van der Waals surface area contributed by atoms with Crippen LogP contribution in [0.3, 0.4) is 0 Å². The van der Waals surface area contributed by atoms with E-state index in [1.165, 1.54) is 55.4 Å². The summed E-state index contributed by atoms with van der Waals surface area (Å²) < 4.78 is 13.7. The first-order valence-electron chi connectivity index (χ1n) is 22.6. The highest BCUT2D eigenvalue weighted by molar-refractivity contribution is 5.99. The van der Waals surface area contributed by atoms with Gasteiger partial charge in [-0.1, -0.05) is 81.5 Å². The summed E-state index contributed by atoms with van der Waals surface area (Å²) >= 11 is 0. The number of ether oxygens (including phenoxy) is 2. The summed E-state index contributed by atoms with van der Waals surface area (Å²) in [4.78, 5) is 35.3. The van der Waals surface area contributed by atoms with Crippen LogP contribution in [0, 0.1) is 46.3 Å². The van der Waals surface area contributed by atoms with Gasteiger partial charge in [0.2, 0.25) is 0 Å². The van der Waals surface area contributed by atoms with Gasteiger partial charge in [-0.2, -0.15) is 0 Å². The smallest absolute Gasteiger partial charge is 0.339 e. The Labute approximate surface area is 332 Å². The van der Waals surface area contributed by atoms with Crippen molar-refractivity contribution in [1.82, 2.24) is 9.80 Å². The molecule has 5 fully saturated rings. The van der Waals surface area contributed by atoms with Crippen molar-refractivity contribution in [2.24, 2.45) is 52.1 Å². The minimum Gasteiger partial charge on any atom is -0.509 e. The van der Waals surface area contributed by atoms with Gasteiger partial charge in [-0.25, -0.2) is 4.79 Å². The lowest BCUT2D eigenvalue weighted by Crippen LogP contribution is -2.75. The van der Waals surface area contributed by atoms with Gasteiger partial charge in [-0.05, 0) is 106 Å². The number of carbonyl (C=O) groups excluding carboxylic acids is 2. The first kappa shape index (κ1) is 35.8. The maximum Gasteiger partial charge on any atom is 0.339 e. The average molecular weight is 760 g/mol. The zero-order valence-electron chi connectivity index (χ0n) is 33.6. The molecular formula is C48H61N3O5. The Morgan fingerprint density at radius 3 is 2.71 bits per heavy atom.